The minimum absolute atomic E-state index is 0.222. The fourth-order valence-corrected chi connectivity index (χ4v) is 5.20. The van der Waals surface area contributed by atoms with Crippen molar-refractivity contribution in [2.45, 2.75) is 91.5 Å². The van der Waals surface area contributed by atoms with Gasteiger partial charge in [0.15, 0.2) is 5.76 Å². The molecule has 0 aliphatic rings. The lowest BCUT2D eigenvalue weighted by atomic mass is 10.1. The average molecular weight is 521 g/mol. The van der Waals surface area contributed by atoms with E-state index in [-0.39, 0.29) is 16.9 Å². The van der Waals surface area contributed by atoms with E-state index in [9.17, 15) is 9.90 Å². The number of rotatable bonds is 17. The molecule has 208 valence electrons. The van der Waals surface area contributed by atoms with Crippen LogP contribution in [0, 0.1) is 0 Å². The highest BCUT2D eigenvalue weighted by Gasteiger charge is 2.16. The van der Waals surface area contributed by atoms with Gasteiger partial charge in [0.05, 0.1) is 5.39 Å². The molecule has 5 heteroatoms. The first-order valence-corrected chi connectivity index (χ1v) is 14.8. The Bertz CT molecular complexity index is 1170. The van der Waals surface area contributed by atoms with Crippen LogP contribution >= 0.6 is 0 Å². The molecular weight excluding hydrogens is 472 g/mol. The van der Waals surface area contributed by atoms with Gasteiger partial charge < -0.3 is 19.3 Å². The first kappa shape index (κ1) is 29.8. The van der Waals surface area contributed by atoms with E-state index >= 15 is 0 Å². The largest absolute Gasteiger partial charge is 0.502 e. The summed E-state index contributed by atoms with van der Waals surface area (Å²) in [4.78, 5) is 17.6. The predicted octanol–water partition coefficient (Wildman–Crippen LogP) is 8.36. The van der Waals surface area contributed by atoms with Crippen LogP contribution in [-0.2, 0) is 6.54 Å². The molecule has 0 amide bonds. The number of aromatic hydroxyl groups is 1. The predicted molar refractivity (Wildman–Crippen MR) is 161 cm³/mol. The number of fused-ring (bicyclic) bond motifs is 1. The minimum atomic E-state index is -0.381. The fraction of sp³-hybridized carbons (Fsp3) is 0.545. The summed E-state index contributed by atoms with van der Waals surface area (Å²) in [5, 5.41) is 11.2. The van der Waals surface area contributed by atoms with Gasteiger partial charge in [-0.25, -0.2) is 0 Å². The molecule has 1 N–H and O–H groups in total. The summed E-state index contributed by atoms with van der Waals surface area (Å²) in [6.45, 7) is 10.2. The lowest BCUT2D eigenvalue weighted by Crippen LogP contribution is -2.21. The first-order valence-electron chi connectivity index (χ1n) is 14.8. The van der Waals surface area contributed by atoms with E-state index in [0.717, 1.165) is 37.4 Å². The SMILES string of the molecule is CCCCCCCCCCCCN(C)Cc1ccc2oc(-c3ccc(N(CC)CC)cc3)c(O)c(=O)c2c1. The monoisotopic (exact) mass is 520 g/mol. The van der Waals surface area contributed by atoms with Gasteiger partial charge in [-0.05, 0) is 75.8 Å². The van der Waals surface area contributed by atoms with Crippen LogP contribution in [0.5, 0.6) is 5.75 Å². The van der Waals surface area contributed by atoms with Crippen molar-refractivity contribution in [3.63, 3.8) is 0 Å². The van der Waals surface area contributed by atoms with Gasteiger partial charge in [0.1, 0.15) is 5.58 Å². The Hall–Kier alpha value is -2.79. The van der Waals surface area contributed by atoms with Crippen molar-refractivity contribution in [1.29, 1.82) is 0 Å². The van der Waals surface area contributed by atoms with Crippen molar-refractivity contribution in [1.82, 2.24) is 4.90 Å². The van der Waals surface area contributed by atoms with Crippen molar-refractivity contribution < 1.29 is 9.52 Å². The van der Waals surface area contributed by atoms with E-state index in [2.05, 4.69) is 37.6 Å². The van der Waals surface area contributed by atoms with Gasteiger partial charge in [-0.1, -0.05) is 70.8 Å². The Kier molecular flexibility index (Phi) is 12.2. The topological polar surface area (TPSA) is 56.9 Å². The van der Waals surface area contributed by atoms with Gasteiger partial charge in [-0.3, -0.25) is 4.79 Å². The summed E-state index contributed by atoms with van der Waals surface area (Å²) in [5.41, 5.74) is 2.96. The number of benzene rings is 2. The van der Waals surface area contributed by atoms with Crippen LogP contribution < -0.4 is 10.3 Å². The van der Waals surface area contributed by atoms with Crippen molar-refractivity contribution in [3.8, 4) is 17.1 Å². The van der Waals surface area contributed by atoms with E-state index < -0.39 is 0 Å². The molecule has 38 heavy (non-hydrogen) atoms. The summed E-state index contributed by atoms with van der Waals surface area (Å²) in [6, 6.07) is 13.5. The molecule has 3 aromatic rings. The van der Waals surface area contributed by atoms with E-state index in [4.69, 9.17) is 4.42 Å². The lowest BCUT2D eigenvalue weighted by molar-refractivity contribution is 0.316. The minimum Gasteiger partial charge on any atom is -0.502 e. The van der Waals surface area contributed by atoms with Gasteiger partial charge in [0.2, 0.25) is 11.2 Å². The number of hydrogen-bond donors (Lipinski definition) is 1. The van der Waals surface area contributed by atoms with Crippen molar-refractivity contribution >= 4 is 16.7 Å². The number of anilines is 1. The third kappa shape index (κ3) is 8.36. The highest BCUT2D eigenvalue weighted by atomic mass is 16.4. The molecule has 0 fully saturated rings. The molecule has 0 atom stereocenters. The molecular formula is C33H48N2O3. The second kappa shape index (κ2) is 15.6. The van der Waals surface area contributed by atoms with Gasteiger partial charge in [0.25, 0.3) is 0 Å². The highest BCUT2D eigenvalue weighted by Crippen LogP contribution is 2.31. The number of hydrogen-bond acceptors (Lipinski definition) is 5. The Labute approximate surface area is 229 Å². The van der Waals surface area contributed by atoms with E-state index in [1.165, 1.54) is 64.2 Å². The molecule has 1 aromatic heterocycles. The van der Waals surface area contributed by atoms with Crippen LogP contribution in [0.4, 0.5) is 5.69 Å². The highest BCUT2D eigenvalue weighted by molar-refractivity contribution is 5.82. The molecule has 0 spiro atoms. The Morgan fingerprint density at radius 3 is 2.00 bits per heavy atom. The Morgan fingerprint density at radius 1 is 0.789 bits per heavy atom. The van der Waals surface area contributed by atoms with Crippen LogP contribution in [0.25, 0.3) is 22.3 Å². The quantitative estimate of drug-likeness (QED) is 0.181. The third-order valence-electron chi connectivity index (χ3n) is 7.53. The lowest BCUT2D eigenvalue weighted by Gasteiger charge is -2.21. The molecule has 0 aliphatic heterocycles. The van der Waals surface area contributed by atoms with Crippen molar-refractivity contribution in [2.24, 2.45) is 0 Å². The zero-order chi connectivity index (χ0) is 27.3. The number of unbranched alkanes of at least 4 members (excludes halogenated alkanes) is 9. The molecule has 1 heterocycles. The molecule has 5 nitrogen and oxygen atoms in total. The van der Waals surface area contributed by atoms with Gasteiger partial charge in [-0.2, -0.15) is 0 Å². The zero-order valence-corrected chi connectivity index (χ0v) is 24.1. The smallest absolute Gasteiger partial charge is 0.235 e. The molecule has 0 radical (unpaired) electrons. The molecule has 0 bridgehead atoms. The first-order chi connectivity index (χ1) is 18.5. The molecule has 3 rings (SSSR count). The van der Waals surface area contributed by atoms with Gasteiger partial charge >= 0.3 is 0 Å². The maximum absolute atomic E-state index is 13.1. The second-order valence-corrected chi connectivity index (χ2v) is 10.6. The van der Waals surface area contributed by atoms with Crippen LogP contribution in [0.15, 0.2) is 51.7 Å². The standard InChI is InChI=1S/C33H48N2O3/c1-5-8-9-10-11-12-13-14-15-16-23-34(4)25-26-17-22-30-29(24-26)31(36)32(37)33(38-30)27-18-20-28(21-19-27)35(6-2)7-3/h17-22,24,37H,5-16,23,25H2,1-4H3. The Balaban J connectivity index is 1.55. The fourth-order valence-electron chi connectivity index (χ4n) is 5.20. The van der Waals surface area contributed by atoms with Gasteiger partial charge in [0, 0.05) is 30.9 Å². The third-order valence-corrected chi connectivity index (χ3v) is 7.53. The van der Waals surface area contributed by atoms with Crippen LogP contribution in [0.2, 0.25) is 0 Å². The Morgan fingerprint density at radius 2 is 1.39 bits per heavy atom. The summed E-state index contributed by atoms with van der Waals surface area (Å²) in [7, 11) is 2.13. The molecule has 0 saturated carbocycles. The molecule has 2 aromatic carbocycles. The van der Waals surface area contributed by atoms with E-state index in [0.29, 0.717) is 16.5 Å². The average Bonchev–Trinajstić information content (AvgIpc) is 2.93. The van der Waals surface area contributed by atoms with Crippen molar-refractivity contribution in [2.75, 3.05) is 31.6 Å². The maximum Gasteiger partial charge on any atom is 0.235 e. The van der Waals surface area contributed by atoms with E-state index in [1.54, 1.807) is 0 Å². The van der Waals surface area contributed by atoms with Gasteiger partial charge in [-0.15, -0.1) is 0 Å². The van der Waals surface area contributed by atoms with Crippen LogP contribution in [0.1, 0.15) is 90.5 Å². The second-order valence-electron chi connectivity index (χ2n) is 10.6. The molecule has 0 aliphatic carbocycles. The summed E-state index contributed by atoms with van der Waals surface area (Å²) in [5.74, 6) is -0.108. The van der Waals surface area contributed by atoms with Crippen LogP contribution in [0.3, 0.4) is 0 Å². The molecule has 0 saturated heterocycles. The summed E-state index contributed by atoms with van der Waals surface area (Å²) >= 11 is 0. The van der Waals surface area contributed by atoms with E-state index in [1.807, 2.05) is 42.5 Å². The maximum atomic E-state index is 13.1. The summed E-state index contributed by atoms with van der Waals surface area (Å²) in [6.07, 6.45) is 13.4. The summed E-state index contributed by atoms with van der Waals surface area (Å²) < 4.78 is 6.03. The van der Waals surface area contributed by atoms with Crippen molar-refractivity contribution in [3.05, 3.63) is 58.3 Å². The normalized spacial score (nSPS) is 11.5. The number of nitrogens with zero attached hydrogens (tertiary/aromatic N) is 2. The van der Waals surface area contributed by atoms with Crippen LogP contribution in [-0.4, -0.2) is 36.7 Å². The molecule has 0 unspecified atom stereocenters. The zero-order valence-electron chi connectivity index (χ0n) is 24.1.